The monoisotopic (exact) mass is 413 g/mol. The third-order valence-electron chi connectivity index (χ3n) is 4.80. The van der Waals surface area contributed by atoms with E-state index in [2.05, 4.69) is 10.6 Å². The molecule has 1 heterocycles. The lowest BCUT2D eigenvalue weighted by Gasteiger charge is -2.26. The molecule has 0 bridgehead atoms. The molecule has 1 aliphatic rings. The summed E-state index contributed by atoms with van der Waals surface area (Å²) in [6.45, 7) is 1.74. The van der Waals surface area contributed by atoms with Crippen LogP contribution in [0.4, 0.5) is 0 Å². The number of halogens is 1. The summed E-state index contributed by atoms with van der Waals surface area (Å²) >= 11 is 5.87. The van der Waals surface area contributed by atoms with Crippen molar-refractivity contribution in [2.24, 2.45) is 0 Å². The fraction of sp³-hybridized carbons (Fsp3) is 0.318. The normalized spacial score (nSPS) is 13.6. The first-order valence-electron chi connectivity index (χ1n) is 9.71. The Morgan fingerprint density at radius 1 is 0.897 bits per heavy atom. The zero-order valence-corrected chi connectivity index (χ0v) is 16.9. The van der Waals surface area contributed by atoms with Crippen molar-refractivity contribution >= 4 is 29.3 Å². The molecule has 6 nitrogen and oxygen atoms in total. The predicted molar refractivity (Wildman–Crippen MR) is 112 cm³/mol. The minimum Gasteiger partial charge on any atom is -0.350 e. The molecule has 1 aliphatic heterocycles. The molecule has 7 heteroatoms. The van der Waals surface area contributed by atoms with E-state index in [1.165, 1.54) is 6.42 Å². The molecule has 2 aromatic carbocycles. The number of carbonyl (C=O) groups excluding carboxylic acids is 3. The maximum Gasteiger partial charge on any atom is 0.253 e. The van der Waals surface area contributed by atoms with E-state index in [0.29, 0.717) is 16.1 Å². The molecule has 1 saturated heterocycles. The lowest BCUT2D eigenvalue weighted by atomic mass is 10.1. The van der Waals surface area contributed by atoms with Crippen LogP contribution in [0.3, 0.4) is 0 Å². The van der Waals surface area contributed by atoms with Crippen molar-refractivity contribution in [3.05, 3.63) is 70.2 Å². The number of nitrogens with one attached hydrogen (secondary N) is 2. The molecule has 0 spiro atoms. The fourth-order valence-corrected chi connectivity index (χ4v) is 3.44. The van der Waals surface area contributed by atoms with Crippen LogP contribution in [0.1, 0.15) is 45.5 Å². The van der Waals surface area contributed by atoms with E-state index in [-0.39, 0.29) is 30.8 Å². The maximum absolute atomic E-state index is 12.6. The first kappa shape index (κ1) is 20.9. The van der Waals surface area contributed by atoms with Crippen molar-refractivity contribution < 1.29 is 14.4 Å². The summed E-state index contributed by atoms with van der Waals surface area (Å²) < 4.78 is 0. The van der Waals surface area contributed by atoms with E-state index in [9.17, 15) is 14.4 Å². The van der Waals surface area contributed by atoms with Crippen molar-refractivity contribution in [2.75, 3.05) is 19.6 Å². The Labute approximate surface area is 175 Å². The van der Waals surface area contributed by atoms with Gasteiger partial charge in [0.2, 0.25) is 5.91 Å². The Morgan fingerprint density at radius 2 is 1.62 bits per heavy atom. The topological polar surface area (TPSA) is 78.5 Å². The van der Waals surface area contributed by atoms with E-state index in [1.54, 1.807) is 30.3 Å². The number of carbonyl (C=O) groups is 3. The van der Waals surface area contributed by atoms with Gasteiger partial charge in [-0.15, -0.1) is 0 Å². The largest absolute Gasteiger partial charge is 0.350 e. The first-order chi connectivity index (χ1) is 14.0. The van der Waals surface area contributed by atoms with Gasteiger partial charge in [0.05, 0.1) is 6.54 Å². The molecule has 0 saturated carbocycles. The molecule has 0 unspecified atom stereocenters. The number of hydrogen-bond acceptors (Lipinski definition) is 3. The summed E-state index contributed by atoms with van der Waals surface area (Å²) in [4.78, 5) is 38.6. The molecular weight excluding hydrogens is 390 g/mol. The van der Waals surface area contributed by atoms with Crippen LogP contribution in [-0.2, 0) is 11.3 Å². The number of benzene rings is 2. The van der Waals surface area contributed by atoms with Gasteiger partial charge in [-0.2, -0.15) is 0 Å². The van der Waals surface area contributed by atoms with Crippen molar-refractivity contribution in [3.63, 3.8) is 0 Å². The van der Waals surface area contributed by atoms with Crippen LogP contribution >= 0.6 is 11.6 Å². The van der Waals surface area contributed by atoms with Crippen LogP contribution in [0.5, 0.6) is 0 Å². The quantitative estimate of drug-likeness (QED) is 0.764. The number of amides is 3. The minimum atomic E-state index is -0.364. The summed E-state index contributed by atoms with van der Waals surface area (Å²) in [5.74, 6) is -0.642. The van der Waals surface area contributed by atoms with E-state index < -0.39 is 0 Å². The number of piperidine rings is 1. The van der Waals surface area contributed by atoms with Crippen LogP contribution in [0.25, 0.3) is 0 Å². The van der Waals surface area contributed by atoms with Crippen LogP contribution in [0, 0.1) is 0 Å². The van der Waals surface area contributed by atoms with Crippen LogP contribution in [0.2, 0.25) is 5.02 Å². The van der Waals surface area contributed by atoms with Gasteiger partial charge in [0, 0.05) is 35.8 Å². The molecule has 0 aromatic heterocycles. The van der Waals surface area contributed by atoms with Gasteiger partial charge in [0.1, 0.15) is 0 Å². The summed E-state index contributed by atoms with van der Waals surface area (Å²) in [6.07, 6.45) is 3.26. The van der Waals surface area contributed by atoms with Gasteiger partial charge in [0.15, 0.2) is 0 Å². The molecule has 3 rings (SSSR count). The maximum atomic E-state index is 12.6. The average molecular weight is 414 g/mol. The third-order valence-corrected chi connectivity index (χ3v) is 5.04. The van der Waals surface area contributed by atoms with Gasteiger partial charge >= 0.3 is 0 Å². The summed E-state index contributed by atoms with van der Waals surface area (Å²) in [6, 6.07) is 13.8. The second-order valence-corrected chi connectivity index (χ2v) is 7.46. The van der Waals surface area contributed by atoms with Gasteiger partial charge in [0.25, 0.3) is 11.8 Å². The van der Waals surface area contributed by atoms with E-state index in [1.807, 2.05) is 23.1 Å². The molecule has 2 aromatic rings. The lowest BCUT2D eigenvalue weighted by molar-refractivity contribution is -0.120. The Kier molecular flexibility index (Phi) is 7.25. The number of rotatable bonds is 6. The molecule has 0 atom stereocenters. The molecule has 1 fully saturated rings. The first-order valence-corrected chi connectivity index (χ1v) is 10.1. The SMILES string of the molecule is O=C(CNC(=O)c1cccc(Cl)c1)NCc1cccc(C(=O)N2CCCCC2)c1. The molecule has 2 N–H and O–H groups in total. The van der Waals surface area contributed by atoms with Gasteiger partial charge in [-0.05, 0) is 55.2 Å². The highest BCUT2D eigenvalue weighted by Crippen LogP contribution is 2.14. The van der Waals surface area contributed by atoms with Gasteiger partial charge in [-0.25, -0.2) is 0 Å². The highest BCUT2D eigenvalue weighted by Gasteiger charge is 2.18. The lowest BCUT2D eigenvalue weighted by Crippen LogP contribution is -2.37. The zero-order valence-electron chi connectivity index (χ0n) is 16.1. The van der Waals surface area contributed by atoms with Crippen molar-refractivity contribution in [3.8, 4) is 0 Å². The summed E-state index contributed by atoms with van der Waals surface area (Å²) in [5, 5.41) is 5.78. The minimum absolute atomic E-state index is 0.0339. The molecular formula is C22H24ClN3O3. The van der Waals surface area contributed by atoms with Crippen LogP contribution in [-0.4, -0.2) is 42.3 Å². The van der Waals surface area contributed by atoms with E-state index >= 15 is 0 Å². The number of hydrogen-bond donors (Lipinski definition) is 2. The number of likely N-dealkylation sites (tertiary alicyclic amines) is 1. The van der Waals surface area contributed by atoms with Crippen molar-refractivity contribution in [1.29, 1.82) is 0 Å². The predicted octanol–water partition coefficient (Wildman–Crippen LogP) is 3.01. The van der Waals surface area contributed by atoms with Crippen molar-refractivity contribution in [1.82, 2.24) is 15.5 Å². The standard InChI is InChI=1S/C22H24ClN3O3/c23-19-9-5-7-17(13-19)21(28)25-15-20(27)24-14-16-6-4-8-18(12-16)22(29)26-10-2-1-3-11-26/h4-9,12-13H,1-3,10-11,14-15H2,(H,24,27)(H,25,28). The smallest absolute Gasteiger partial charge is 0.253 e. The fourth-order valence-electron chi connectivity index (χ4n) is 3.25. The van der Waals surface area contributed by atoms with Crippen molar-refractivity contribution in [2.45, 2.75) is 25.8 Å². The van der Waals surface area contributed by atoms with E-state index in [4.69, 9.17) is 11.6 Å². The molecule has 3 amide bonds. The second kappa shape index (κ2) is 10.1. The number of nitrogens with zero attached hydrogens (tertiary/aromatic N) is 1. The Bertz CT molecular complexity index is 894. The molecule has 0 aliphatic carbocycles. The third kappa shape index (κ3) is 6.06. The summed E-state index contributed by atoms with van der Waals surface area (Å²) in [5.41, 5.74) is 1.87. The van der Waals surface area contributed by atoms with Crippen LogP contribution < -0.4 is 10.6 Å². The Hall–Kier alpha value is -2.86. The average Bonchev–Trinajstić information content (AvgIpc) is 2.76. The molecule has 0 radical (unpaired) electrons. The van der Waals surface area contributed by atoms with E-state index in [0.717, 1.165) is 31.5 Å². The Morgan fingerprint density at radius 3 is 2.38 bits per heavy atom. The zero-order chi connectivity index (χ0) is 20.6. The second-order valence-electron chi connectivity index (χ2n) is 7.02. The highest BCUT2D eigenvalue weighted by atomic mass is 35.5. The Balaban J connectivity index is 1.48. The van der Waals surface area contributed by atoms with Crippen LogP contribution in [0.15, 0.2) is 48.5 Å². The molecule has 29 heavy (non-hydrogen) atoms. The summed E-state index contributed by atoms with van der Waals surface area (Å²) in [7, 11) is 0. The van der Waals surface area contributed by atoms with Gasteiger partial charge < -0.3 is 15.5 Å². The van der Waals surface area contributed by atoms with Gasteiger partial charge in [-0.3, -0.25) is 14.4 Å². The van der Waals surface area contributed by atoms with Gasteiger partial charge in [-0.1, -0.05) is 29.8 Å². The highest BCUT2D eigenvalue weighted by molar-refractivity contribution is 6.31. The molecule has 152 valence electrons.